The molecule has 0 radical (unpaired) electrons. The van der Waals surface area contributed by atoms with E-state index in [1.54, 1.807) is 14.0 Å². The van der Waals surface area contributed by atoms with Crippen LogP contribution in [0, 0.1) is 0 Å². The first kappa shape index (κ1) is 14.4. The SMILES string of the molecule is CCOC(=O)C(CCOC(C)(C)C)NC. The summed E-state index contributed by atoms with van der Waals surface area (Å²) in [6.07, 6.45) is 0.632. The highest BCUT2D eigenvalue weighted by atomic mass is 16.5. The van der Waals surface area contributed by atoms with Gasteiger partial charge < -0.3 is 14.8 Å². The molecular weight excluding hydrogens is 194 g/mol. The summed E-state index contributed by atoms with van der Waals surface area (Å²) in [7, 11) is 1.75. The molecule has 0 saturated heterocycles. The Bertz CT molecular complexity index is 187. The summed E-state index contributed by atoms with van der Waals surface area (Å²) in [5.74, 6) is -0.211. The highest BCUT2D eigenvalue weighted by Crippen LogP contribution is 2.08. The molecule has 15 heavy (non-hydrogen) atoms. The maximum Gasteiger partial charge on any atom is 0.323 e. The van der Waals surface area contributed by atoms with E-state index in [2.05, 4.69) is 5.32 Å². The van der Waals surface area contributed by atoms with E-state index in [1.165, 1.54) is 0 Å². The van der Waals surface area contributed by atoms with Crippen molar-refractivity contribution < 1.29 is 14.3 Å². The lowest BCUT2D eigenvalue weighted by molar-refractivity contribution is -0.146. The number of carbonyl (C=O) groups is 1. The largest absolute Gasteiger partial charge is 0.465 e. The Morgan fingerprint density at radius 1 is 1.40 bits per heavy atom. The monoisotopic (exact) mass is 217 g/mol. The van der Waals surface area contributed by atoms with Gasteiger partial charge in [-0.2, -0.15) is 0 Å². The second-order valence-electron chi connectivity index (χ2n) is 4.34. The van der Waals surface area contributed by atoms with E-state index in [1.807, 2.05) is 20.8 Å². The van der Waals surface area contributed by atoms with E-state index in [9.17, 15) is 4.79 Å². The lowest BCUT2D eigenvalue weighted by Crippen LogP contribution is -2.37. The van der Waals surface area contributed by atoms with Gasteiger partial charge in [0.1, 0.15) is 6.04 Å². The molecule has 90 valence electrons. The van der Waals surface area contributed by atoms with Crippen molar-refractivity contribution in [2.45, 2.75) is 45.8 Å². The Labute approximate surface area is 92.3 Å². The van der Waals surface area contributed by atoms with Crippen molar-refractivity contribution in [2.75, 3.05) is 20.3 Å². The van der Waals surface area contributed by atoms with Crippen molar-refractivity contribution in [2.24, 2.45) is 0 Å². The quantitative estimate of drug-likeness (QED) is 0.682. The normalized spacial score (nSPS) is 13.7. The zero-order chi connectivity index (χ0) is 11.9. The van der Waals surface area contributed by atoms with Crippen LogP contribution in [0.1, 0.15) is 34.1 Å². The third-order valence-corrected chi connectivity index (χ3v) is 1.86. The van der Waals surface area contributed by atoms with Crippen molar-refractivity contribution >= 4 is 5.97 Å². The van der Waals surface area contributed by atoms with E-state index in [4.69, 9.17) is 9.47 Å². The van der Waals surface area contributed by atoms with Crippen LogP contribution in [-0.2, 0) is 14.3 Å². The summed E-state index contributed by atoms with van der Waals surface area (Å²) in [6.45, 7) is 8.74. The van der Waals surface area contributed by atoms with Crippen LogP contribution in [0.15, 0.2) is 0 Å². The second kappa shape index (κ2) is 6.80. The fraction of sp³-hybridized carbons (Fsp3) is 0.909. The standard InChI is InChI=1S/C11H23NO3/c1-6-14-10(13)9(12-5)7-8-15-11(2,3)4/h9,12H,6-8H2,1-5H3. The minimum atomic E-state index is -0.271. The molecule has 4 nitrogen and oxygen atoms in total. The number of carbonyl (C=O) groups excluding carboxylic acids is 1. The maximum absolute atomic E-state index is 11.4. The summed E-state index contributed by atoms with van der Waals surface area (Å²) in [5.41, 5.74) is -0.160. The van der Waals surface area contributed by atoms with E-state index in [-0.39, 0.29) is 17.6 Å². The van der Waals surface area contributed by atoms with Gasteiger partial charge in [-0.1, -0.05) is 0 Å². The molecule has 0 aromatic rings. The number of hydrogen-bond donors (Lipinski definition) is 1. The molecule has 1 atom stereocenters. The third-order valence-electron chi connectivity index (χ3n) is 1.86. The summed E-state index contributed by atoms with van der Waals surface area (Å²) in [5, 5.41) is 2.92. The second-order valence-corrected chi connectivity index (χ2v) is 4.34. The van der Waals surface area contributed by atoms with E-state index >= 15 is 0 Å². The highest BCUT2D eigenvalue weighted by Gasteiger charge is 2.18. The summed E-state index contributed by atoms with van der Waals surface area (Å²) >= 11 is 0. The van der Waals surface area contributed by atoms with Crippen LogP contribution < -0.4 is 5.32 Å². The van der Waals surface area contributed by atoms with E-state index in [0.717, 1.165) is 0 Å². The highest BCUT2D eigenvalue weighted by molar-refractivity contribution is 5.75. The van der Waals surface area contributed by atoms with Crippen LogP contribution in [0.4, 0.5) is 0 Å². The molecule has 0 spiro atoms. The first-order valence-corrected chi connectivity index (χ1v) is 5.38. The molecule has 0 rings (SSSR count). The Hall–Kier alpha value is -0.610. The molecule has 1 N–H and O–H groups in total. The third kappa shape index (κ3) is 7.33. The first-order chi connectivity index (χ1) is 6.90. The molecule has 0 aromatic heterocycles. The van der Waals surface area contributed by atoms with Crippen molar-refractivity contribution in [1.29, 1.82) is 0 Å². The molecule has 0 aliphatic heterocycles. The van der Waals surface area contributed by atoms with Gasteiger partial charge >= 0.3 is 5.97 Å². The molecule has 0 heterocycles. The van der Waals surface area contributed by atoms with Crippen molar-refractivity contribution in [3.05, 3.63) is 0 Å². The van der Waals surface area contributed by atoms with Gasteiger partial charge in [-0.3, -0.25) is 4.79 Å². The zero-order valence-corrected chi connectivity index (χ0v) is 10.4. The number of esters is 1. The molecule has 4 heteroatoms. The van der Waals surface area contributed by atoms with Gasteiger partial charge in [0.15, 0.2) is 0 Å². The molecule has 0 amide bonds. The van der Waals surface area contributed by atoms with Gasteiger partial charge in [0, 0.05) is 6.61 Å². The van der Waals surface area contributed by atoms with Crippen molar-refractivity contribution in [3.63, 3.8) is 0 Å². The summed E-state index contributed by atoms with van der Waals surface area (Å²) < 4.78 is 10.5. The average molecular weight is 217 g/mol. The van der Waals surface area contributed by atoms with Crippen LogP contribution in [0.25, 0.3) is 0 Å². The molecular formula is C11H23NO3. The van der Waals surface area contributed by atoms with Crippen molar-refractivity contribution in [1.82, 2.24) is 5.32 Å². The van der Waals surface area contributed by atoms with E-state index < -0.39 is 0 Å². The minimum Gasteiger partial charge on any atom is -0.465 e. The number of likely N-dealkylation sites (N-methyl/N-ethyl adjacent to an activating group) is 1. The molecule has 0 saturated carbocycles. The first-order valence-electron chi connectivity index (χ1n) is 5.38. The van der Waals surface area contributed by atoms with Gasteiger partial charge in [-0.15, -0.1) is 0 Å². The maximum atomic E-state index is 11.4. The molecule has 0 aromatic carbocycles. The molecule has 0 fully saturated rings. The lowest BCUT2D eigenvalue weighted by Gasteiger charge is -2.21. The molecule has 0 bridgehead atoms. The predicted molar refractivity (Wildman–Crippen MR) is 59.8 cm³/mol. The van der Waals surface area contributed by atoms with Crippen LogP contribution >= 0.6 is 0 Å². The molecule has 0 aliphatic rings. The van der Waals surface area contributed by atoms with Crippen LogP contribution in [0.2, 0.25) is 0 Å². The Morgan fingerprint density at radius 2 is 2.00 bits per heavy atom. The summed E-state index contributed by atoms with van der Waals surface area (Å²) in [4.78, 5) is 11.4. The fourth-order valence-electron chi connectivity index (χ4n) is 1.11. The fourth-order valence-corrected chi connectivity index (χ4v) is 1.11. The Morgan fingerprint density at radius 3 is 2.40 bits per heavy atom. The number of ether oxygens (including phenoxy) is 2. The minimum absolute atomic E-state index is 0.160. The van der Waals surface area contributed by atoms with Crippen LogP contribution in [0.3, 0.4) is 0 Å². The lowest BCUT2D eigenvalue weighted by atomic mass is 10.2. The summed E-state index contributed by atoms with van der Waals surface area (Å²) in [6, 6.07) is -0.271. The van der Waals surface area contributed by atoms with E-state index in [0.29, 0.717) is 19.6 Å². The van der Waals surface area contributed by atoms with Crippen molar-refractivity contribution in [3.8, 4) is 0 Å². The number of hydrogen-bond acceptors (Lipinski definition) is 4. The number of nitrogens with one attached hydrogen (secondary N) is 1. The topological polar surface area (TPSA) is 47.6 Å². The number of rotatable bonds is 6. The Kier molecular flexibility index (Phi) is 6.52. The van der Waals surface area contributed by atoms with Crippen LogP contribution in [0.5, 0.6) is 0 Å². The van der Waals surface area contributed by atoms with Gasteiger partial charge in [0.25, 0.3) is 0 Å². The molecule has 0 aliphatic carbocycles. The van der Waals surface area contributed by atoms with Gasteiger partial charge in [0.2, 0.25) is 0 Å². The molecule has 1 unspecified atom stereocenters. The average Bonchev–Trinajstić information content (AvgIpc) is 2.11. The predicted octanol–water partition coefficient (Wildman–Crippen LogP) is 1.34. The van der Waals surface area contributed by atoms with Gasteiger partial charge in [-0.05, 0) is 41.2 Å². The Balaban J connectivity index is 3.85. The van der Waals surface area contributed by atoms with Crippen LogP contribution in [-0.4, -0.2) is 37.9 Å². The van der Waals surface area contributed by atoms with Gasteiger partial charge in [0.05, 0.1) is 12.2 Å². The smallest absolute Gasteiger partial charge is 0.323 e. The van der Waals surface area contributed by atoms with Gasteiger partial charge in [-0.25, -0.2) is 0 Å². The zero-order valence-electron chi connectivity index (χ0n) is 10.4.